The molecule has 2 amide bonds. The first kappa shape index (κ1) is 38.1. The quantitative estimate of drug-likeness (QED) is 0.146. The van der Waals surface area contributed by atoms with Gasteiger partial charge in [-0.25, -0.2) is 18.4 Å². The third-order valence-corrected chi connectivity index (χ3v) is 10.1. The molecule has 8 nitrogen and oxygen atoms in total. The van der Waals surface area contributed by atoms with Crippen LogP contribution in [0, 0.1) is 0 Å². The number of benzene rings is 2. The zero-order valence-corrected chi connectivity index (χ0v) is 30.3. The monoisotopic (exact) mass is 712 g/mol. The predicted molar refractivity (Wildman–Crippen MR) is 191 cm³/mol. The third-order valence-electron chi connectivity index (χ3n) is 8.09. The molecule has 0 radical (unpaired) electrons. The van der Waals surface area contributed by atoms with Gasteiger partial charge < -0.3 is 4.90 Å². The van der Waals surface area contributed by atoms with Crippen molar-refractivity contribution < 1.29 is 18.0 Å². The SMILES string of the molecule is CCCCCCCCCCCCCCCCN(C)C(=O)c1ccc(Cl)c(N=C2CC(=O)N(c3c(Cl)cc(S(C)(=O)=O)cc3Cl)N2)c1. The van der Waals surface area contributed by atoms with Gasteiger partial charge in [-0.05, 0) is 36.8 Å². The van der Waals surface area contributed by atoms with E-state index in [0.717, 1.165) is 24.1 Å². The van der Waals surface area contributed by atoms with Gasteiger partial charge in [0.05, 0.1) is 32.1 Å². The average Bonchev–Trinajstić information content (AvgIpc) is 3.36. The van der Waals surface area contributed by atoms with Crippen LogP contribution >= 0.6 is 34.8 Å². The van der Waals surface area contributed by atoms with Crippen molar-refractivity contribution in [1.82, 2.24) is 10.3 Å². The molecule has 1 aliphatic heterocycles. The number of halogens is 3. The number of nitrogens with zero attached hydrogens (tertiary/aromatic N) is 3. The summed E-state index contributed by atoms with van der Waals surface area (Å²) < 4.78 is 23.9. The number of rotatable bonds is 19. The predicted octanol–water partition coefficient (Wildman–Crippen LogP) is 9.58. The topological polar surface area (TPSA) is 99.2 Å². The lowest BCUT2D eigenvalue weighted by molar-refractivity contribution is -0.116. The highest BCUT2D eigenvalue weighted by atomic mass is 35.5. The van der Waals surface area contributed by atoms with E-state index in [1.807, 2.05) is 0 Å². The standard InChI is InChI=1S/C34H47Cl3N4O4S/c1-4-5-6-7-8-9-10-11-12-13-14-15-16-17-20-40(2)34(43)25-18-19-27(35)30(21-25)38-31-24-32(42)41(39-31)33-28(36)22-26(23-29(33)37)46(3,44)45/h18-19,21-23H,4-17,20,24H2,1-3H3,(H,38,39). The van der Waals surface area contributed by atoms with Crippen LogP contribution in [0.25, 0.3) is 0 Å². The minimum absolute atomic E-state index is 0.0116. The van der Waals surface area contributed by atoms with E-state index in [9.17, 15) is 18.0 Å². The number of hydrogen-bond donors (Lipinski definition) is 1. The molecular formula is C34H47Cl3N4O4S. The third kappa shape index (κ3) is 11.7. The number of unbranched alkanes of at least 4 members (excludes halogenated alkanes) is 13. The maximum Gasteiger partial charge on any atom is 0.253 e. The molecule has 0 aliphatic carbocycles. The number of carbonyl (C=O) groups is 2. The molecule has 1 fully saturated rings. The Hall–Kier alpha value is -2.33. The lowest BCUT2D eigenvalue weighted by atomic mass is 10.0. The molecule has 0 atom stereocenters. The summed E-state index contributed by atoms with van der Waals surface area (Å²) in [5, 5.41) is 1.42. The molecule has 0 unspecified atom stereocenters. The summed E-state index contributed by atoms with van der Waals surface area (Å²) in [7, 11) is -1.76. The molecule has 46 heavy (non-hydrogen) atoms. The molecule has 1 heterocycles. The van der Waals surface area contributed by atoms with E-state index in [-0.39, 0.29) is 38.8 Å². The number of hydrogen-bond acceptors (Lipinski definition) is 5. The fourth-order valence-corrected chi connectivity index (χ4v) is 7.02. The van der Waals surface area contributed by atoms with Gasteiger partial charge in [0.2, 0.25) is 0 Å². The normalized spacial score (nSPS) is 14.3. The van der Waals surface area contributed by atoms with Crippen molar-refractivity contribution in [1.29, 1.82) is 0 Å². The van der Waals surface area contributed by atoms with Crippen LogP contribution in [0.5, 0.6) is 0 Å². The van der Waals surface area contributed by atoms with Crippen molar-refractivity contribution in [3.8, 4) is 0 Å². The van der Waals surface area contributed by atoms with Gasteiger partial charge in [0, 0.05) is 25.4 Å². The van der Waals surface area contributed by atoms with Gasteiger partial charge >= 0.3 is 0 Å². The zero-order valence-electron chi connectivity index (χ0n) is 27.2. The minimum Gasteiger partial charge on any atom is -0.342 e. The summed E-state index contributed by atoms with van der Waals surface area (Å²) >= 11 is 19.0. The van der Waals surface area contributed by atoms with E-state index in [2.05, 4.69) is 17.3 Å². The highest BCUT2D eigenvalue weighted by molar-refractivity contribution is 7.90. The maximum atomic E-state index is 13.2. The molecule has 1 saturated heterocycles. The summed E-state index contributed by atoms with van der Waals surface area (Å²) in [5.41, 5.74) is 3.77. The molecular weight excluding hydrogens is 667 g/mol. The Bertz CT molecular complexity index is 1460. The maximum absolute atomic E-state index is 13.2. The van der Waals surface area contributed by atoms with Gasteiger partial charge in [-0.3, -0.25) is 15.0 Å². The number of amides is 2. The number of amidine groups is 1. The summed E-state index contributed by atoms with van der Waals surface area (Å²) in [6.07, 6.45) is 18.9. The fraction of sp³-hybridized carbons (Fsp3) is 0.559. The number of hydrazine groups is 1. The zero-order chi connectivity index (χ0) is 33.7. The van der Waals surface area contributed by atoms with Gasteiger partial charge in [0.25, 0.3) is 11.8 Å². The summed E-state index contributed by atoms with van der Waals surface area (Å²) in [6, 6.07) is 7.36. The van der Waals surface area contributed by atoms with Crippen LogP contribution in [0.15, 0.2) is 40.2 Å². The van der Waals surface area contributed by atoms with Gasteiger partial charge in [0.15, 0.2) is 9.84 Å². The van der Waals surface area contributed by atoms with Crippen LogP contribution in [0.2, 0.25) is 15.1 Å². The van der Waals surface area contributed by atoms with E-state index in [4.69, 9.17) is 34.8 Å². The van der Waals surface area contributed by atoms with Crippen molar-refractivity contribution in [2.24, 2.45) is 4.99 Å². The van der Waals surface area contributed by atoms with Crippen LogP contribution in [-0.2, 0) is 14.6 Å². The number of sulfone groups is 1. The van der Waals surface area contributed by atoms with Crippen LogP contribution in [0.4, 0.5) is 11.4 Å². The van der Waals surface area contributed by atoms with Crippen LogP contribution in [0.1, 0.15) is 114 Å². The average molecular weight is 714 g/mol. The van der Waals surface area contributed by atoms with Gasteiger partial charge in [-0.2, -0.15) is 0 Å². The Labute approximate surface area is 289 Å². The Morgan fingerprint density at radius 2 is 1.37 bits per heavy atom. The van der Waals surface area contributed by atoms with Crippen molar-refractivity contribution in [2.75, 3.05) is 24.9 Å². The smallest absolute Gasteiger partial charge is 0.253 e. The Morgan fingerprint density at radius 1 is 0.848 bits per heavy atom. The van der Waals surface area contributed by atoms with Crippen LogP contribution < -0.4 is 10.4 Å². The minimum atomic E-state index is -3.55. The van der Waals surface area contributed by atoms with Crippen molar-refractivity contribution in [2.45, 2.75) is 108 Å². The number of anilines is 1. The van der Waals surface area contributed by atoms with Crippen molar-refractivity contribution in [3.05, 3.63) is 51.0 Å². The largest absolute Gasteiger partial charge is 0.342 e. The lowest BCUT2D eigenvalue weighted by Gasteiger charge is -2.19. The highest BCUT2D eigenvalue weighted by Gasteiger charge is 2.31. The summed E-state index contributed by atoms with van der Waals surface area (Å²) in [5.74, 6) is -0.257. The number of nitrogens with one attached hydrogen (secondary N) is 1. The van der Waals surface area contributed by atoms with Gasteiger partial charge in [-0.1, -0.05) is 125 Å². The lowest BCUT2D eigenvalue weighted by Crippen LogP contribution is -2.36. The Morgan fingerprint density at radius 3 is 1.89 bits per heavy atom. The van der Waals surface area contributed by atoms with E-state index in [1.165, 1.54) is 89.2 Å². The van der Waals surface area contributed by atoms with Crippen LogP contribution in [0.3, 0.4) is 0 Å². The summed E-state index contributed by atoms with van der Waals surface area (Å²) in [6.45, 7) is 2.92. The highest BCUT2D eigenvalue weighted by Crippen LogP contribution is 2.37. The molecule has 12 heteroatoms. The molecule has 2 aromatic rings. The first-order chi connectivity index (χ1) is 21.9. The van der Waals surface area contributed by atoms with Crippen molar-refractivity contribution in [3.63, 3.8) is 0 Å². The molecule has 1 N–H and O–H groups in total. The number of carbonyl (C=O) groups excluding carboxylic acids is 2. The van der Waals surface area contributed by atoms with Gasteiger partial charge in [0.1, 0.15) is 11.5 Å². The molecule has 0 bridgehead atoms. The second kappa shape index (κ2) is 18.9. The Balaban J connectivity index is 1.47. The molecule has 0 spiro atoms. The van der Waals surface area contributed by atoms with E-state index in [0.29, 0.717) is 22.8 Å². The second-order valence-electron chi connectivity index (χ2n) is 12.1. The first-order valence-electron chi connectivity index (χ1n) is 16.3. The second-order valence-corrected chi connectivity index (χ2v) is 15.3. The van der Waals surface area contributed by atoms with Crippen molar-refractivity contribution >= 4 is 73.7 Å². The van der Waals surface area contributed by atoms with E-state index < -0.39 is 15.7 Å². The first-order valence-corrected chi connectivity index (χ1v) is 19.4. The number of aliphatic imine (C=N–C) groups is 1. The molecule has 2 aromatic carbocycles. The molecule has 254 valence electrons. The molecule has 0 aromatic heterocycles. The molecule has 0 saturated carbocycles. The molecule has 3 rings (SSSR count). The van der Waals surface area contributed by atoms with E-state index >= 15 is 0 Å². The Kier molecular flexibility index (Phi) is 15.6. The summed E-state index contributed by atoms with van der Waals surface area (Å²) in [4.78, 5) is 32.1. The van der Waals surface area contributed by atoms with Gasteiger partial charge in [-0.15, -0.1) is 0 Å². The van der Waals surface area contributed by atoms with Crippen LogP contribution in [-0.4, -0.2) is 50.8 Å². The molecule has 1 aliphatic rings. The van der Waals surface area contributed by atoms with E-state index in [1.54, 1.807) is 30.1 Å². The fourth-order valence-electron chi connectivity index (χ4n) is 5.41.